The van der Waals surface area contributed by atoms with E-state index in [1.165, 1.54) is 16.7 Å². The highest BCUT2D eigenvalue weighted by Crippen LogP contribution is 2.40. The molecule has 0 N–H and O–H groups in total. The van der Waals surface area contributed by atoms with Crippen LogP contribution in [0.1, 0.15) is 52.2 Å². The van der Waals surface area contributed by atoms with Crippen molar-refractivity contribution in [2.24, 2.45) is 0 Å². The molecule has 1 rings (SSSR count). The molecule has 0 bridgehead atoms. The molecule has 0 fully saturated rings. The van der Waals surface area contributed by atoms with Crippen LogP contribution in [0, 0.1) is 0 Å². The predicted molar refractivity (Wildman–Crippen MR) is 102 cm³/mol. The Morgan fingerprint density at radius 1 is 1.23 bits per heavy atom. The highest BCUT2D eigenvalue weighted by atomic mass is 28.4. The Labute approximate surface area is 138 Å². The summed E-state index contributed by atoms with van der Waals surface area (Å²) in [6.07, 6.45) is 4.10. The largest absolute Gasteiger partial charge is 0.543 e. The van der Waals surface area contributed by atoms with Crippen LogP contribution in [-0.2, 0) is 10.8 Å². The lowest BCUT2D eigenvalue weighted by Gasteiger charge is -2.37. The molecule has 1 nitrogen and oxygen atoms in total. The molecule has 122 valence electrons. The molecular weight excluding hydrogens is 284 g/mol. The first-order valence-corrected chi connectivity index (χ1v) is 11.1. The third-order valence-electron chi connectivity index (χ3n) is 4.34. The lowest BCUT2D eigenvalue weighted by atomic mass is 9.99. The van der Waals surface area contributed by atoms with Gasteiger partial charge in [0.05, 0.1) is 0 Å². The van der Waals surface area contributed by atoms with Crippen LogP contribution in [0.15, 0.2) is 42.5 Å². The third kappa shape index (κ3) is 4.87. The van der Waals surface area contributed by atoms with E-state index in [0.29, 0.717) is 0 Å². The number of benzene rings is 1. The summed E-state index contributed by atoms with van der Waals surface area (Å²) in [5.41, 5.74) is 3.70. The minimum absolute atomic E-state index is 0.198. The molecule has 0 unspecified atom stereocenters. The Hall–Kier alpha value is -1.28. The summed E-state index contributed by atoms with van der Waals surface area (Å²) in [5.74, 6) is 1.05. The molecule has 0 aliphatic heterocycles. The van der Waals surface area contributed by atoms with E-state index in [-0.39, 0.29) is 5.04 Å². The van der Waals surface area contributed by atoms with Gasteiger partial charge in [0, 0.05) is 5.56 Å². The van der Waals surface area contributed by atoms with Crippen molar-refractivity contribution in [2.45, 2.75) is 65.6 Å². The van der Waals surface area contributed by atoms with Crippen LogP contribution in [-0.4, -0.2) is 8.32 Å². The summed E-state index contributed by atoms with van der Waals surface area (Å²) < 4.78 is 6.62. The summed E-state index contributed by atoms with van der Waals surface area (Å²) >= 11 is 0. The van der Waals surface area contributed by atoms with Gasteiger partial charge in [0.1, 0.15) is 5.76 Å². The van der Waals surface area contributed by atoms with E-state index >= 15 is 0 Å². The SMILES string of the molecule is C=C(C)Cc1ccccc1/C(=C/CC)O[Si](C)(C)C(C)(C)C. The van der Waals surface area contributed by atoms with Crippen molar-refractivity contribution in [1.29, 1.82) is 0 Å². The molecule has 0 spiro atoms. The molecule has 0 aliphatic carbocycles. The second kappa shape index (κ2) is 7.32. The molecule has 1 aromatic rings. The summed E-state index contributed by atoms with van der Waals surface area (Å²) in [5, 5.41) is 0.198. The van der Waals surface area contributed by atoms with Crippen molar-refractivity contribution >= 4 is 14.1 Å². The Kier molecular flexibility index (Phi) is 6.24. The van der Waals surface area contributed by atoms with Gasteiger partial charge >= 0.3 is 0 Å². The predicted octanol–water partition coefficient (Wildman–Crippen LogP) is 6.58. The van der Waals surface area contributed by atoms with Crippen molar-refractivity contribution in [3.63, 3.8) is 0 Å². The summed E-state index contributed by atoms with van der Waals surface area (Å²) in [6, 6.07) is 8.54. The van der Waals surface area contributed by atoms with Gasteiger partial charge in [-0.3, -0.25) is 0 Å². The van der Waals surface area contributed by atoms with Gasteiger partial charge in [0.2, 0.25) is 8.32 Å². The fourth-order valence-corrected chi connectivity index (χ4v) is 3.11. The number of allylic oxidation sites excluding steroid dienone is 2. The number of hydrogen-bond donors (Lipinski definition) is 0. The van der Waals surface area contributed by atoms with Crippen LogP contribution in [0.2, 0.25) is 18.1 Å². The molecule has 0 radical (unpaired) electrons. The molecule has 2 heteroatoms. The van der Waals surface area contributed by atoms with Gasteiger partial charge in [-0.25, -0.2) is 0 Å². The van der Waals surface area contributed by atoms with Crippen LogP contribution in [0.3, 0.4) is 0 Å². The minimum atomic E-state index is -1.84. The maximum absolute atomic E-state index is 6.62. The van der Waals surface area contributed by atoms with Gasteiger partial charge in [-0.2, -0.15) is 0 Å². The second-order valence-electron chi connectivity index (χ2n) is 7.63. The van der Waals surface area contributed by atoms with Gasteiger partial charge < -0.3 is 4.43 Å². The quantitative estimate of drug-likeness (QED) is 0.327. The van der Waals surface area contributed by atoms with Gasteiger partial charge in [0.15, 0.2) is 0 Å². The van der Waals surface area contributed by atoms with E-state index in [1.54, 1.807) is 0 Å². The van der Waals surface area contributed by atoms with Crippen molar-refractivity contribution in [3.05, 3.63) is 53.6 Å². The summed E-state index contributed by atoms with van der Waals surface area (Å²) in [4.78, 5) is 0. The molecule has 0 amide bonds. The van der Waals surface area contributed by atoms with E-state index in [9.17, 15) is 0 Å². The zero-order chi connectivity index (χ0) is 17.0. The zero-order valence-electron chi connectivity index (χ0n) is 15.4. The molecule has 0 aromatic heterocycles. The fraction of sp³-hybridized carbons (Fsp3) is 0.500. The number of hydrogen-bond acceptors (Lipinski definition) is 1. The third-order valence-corrected chi connectivity index (χ3v) is 8.68. The molecular formula is C20H32OSi. The van der Waals surface area contributed by atoms with Crippen molar-refractivity contribution in [2.75, 3.05) is 0 Å². The number of rotatable bonds is 6. The molecule has 0 heterocycles. The topological polar surface area (TPSA) is 9.23 Å². The minimum Gasteiger partial charge on any atom is -0.543 e. The Morgan fingerprint density at radius 3 is 2.32 bits per heavy atom. The smallest absolute Gasteiger partial charge is 0.250 e. The maximum Gasteiger partial charge on any atom is 0.250 e. The lowest BCUT2D eigenvalue weighted by molar-refractivity contribution is 0.456. The van der Waals surface area contributed by atoms with Crippen molar-refractivity contribution in [1.82, 2.24) is 0 Å². The Balaban J connectivity index is 3.24. The Morgan fingerprint density at radius 2 is 1.82 bits per heavy atom. The first-order chi connectivity index (χ1) is 10.1. The second-order valence-corrected chi connectivity index (χ2v) is 12.4. The fourth-order valence-electron chi connectivity index (χ4n) is 2.06. The molecule has 22 heavy (non-hydrogen) atoms. The Bertz CT molecular complexity index is 547. The van der Waals surface area contributed by atoms with Gasteiger partial charge in [-0.15, -0.1) is 0 Å². The first kappa shape index (κ1) is 18.8. The van der Waals surface area contributed by atoms with E-state index in [2.05, 4.69) is 84.6 Å². The van der Waals surface area contributed by atoms with Crippen LogP contribution in [0.5, 0.6) is 0 Å². The summed E-state index contributed by atoms with van der Waals surface area (Å²) in [6.45, 7) is 19.7. The highest BCUT2D eigenvalue weighted by molar-refractivity contribution is 6.74. The van der Waals surface area contributed by atoms with Crippen LogP contribution in [0.25, 0.3) is 5.76 Å². The normalized spacial score (nSPS) is 13.1. The molecule has 0 atom stereocenters. The van der Waals surface area contributed by atoms with Crippen LogP contribution < -0.4 is 0 Å². The van der Waals surface area contributed by atoms with Crippen molar-refractivity contribution < 1.29 is 4.43 Å². The zero-order valence-corrected chi connectivity index (χ0v) is 16.4. The van der Waals surface area contributed by atoms with Gasteiger partial charge in [0.25, 0.3) is 0 Å². The first-order valence-electron chi connectivity index (χ1n) is 8.20. The molecule has 0 saturated heterocycles. The molecule has 1 aromatic carbocycles. The molecule has 0 aliphatic rings. The van der Waals surface area contributed by atoms with E-state index in [1.807, 2.05) is 0 Å². The van der Waals surface area contributed by atoms with E-state index < -0.39 is 8.32 Å². The monoisotopic (exact) mass is 316 g/mol. The standard InChI is InChI=1S/C20H32OSi/c1-9-12-19(21-22(7,8)20(4,5)6)18-14-11-10-13-17(18)15-16(2)3/h10-14H,2,9,15H2,1,3-8H3/b19-12-. The average Bonchev–Trinajstić information content (AvgIpc) is 2.36. The van der Waals surface area contributed by atoms with E-state index in [0.717, 1.165) is 18.6 Å². The maximum atomic E-state index is 6.62. The van der Waals surface area contributed by atoms with E-state index in [4.69, 9.17) is 4.43 Å². The molecule has 0 saturated carbocycles. The van der Waals surface area contributed by atoms with Gasteiger partial charge in [-0.1, -0.05) is 64.1 Å². The van der Waals surface area contributed by atoms with Crippen LogP contribution >= 0.6 is 0 Å². The van der Waals surface area contributed by atoms with Crippen molar-refractivity contribution in [3.8, 4) is 0 Å². The summed E-state index contributed by atoms with van der Waals surface area (Å²) in [7, 11) is -1.84. The van der Waals surface area contributed by atoms with Gasteiger partial charge in [-0.05, 0) is 49.5 Å². The highest BCUT2D eigenvalue weighted by Gasteiger charge is 2.39. The van der Waals surface area contributed by atoms with Crippen LogP contribution in [0.4, 0.5) is 0 Å². The average molecular weight is 317 g/mol. The lowest BCUT2D eigenvalue weighted by Crippen LogP contribution is -2.40.